The summed E-state index contributed by atoms with van der Waals surface area (Å²) in [5.41, 5.74) is 3.73. The first-order valence-electron chi connectivity index (χ1n) is 11.6. The van der Waals surface area contributed by atoms with E-state index in [1.807, 2.05) is 6.92 Å². The van der Waals surface area contributed by atoms with E-state index in [0.29, 0.717) is 30.2 Å². The van der Waals surface area contributed by atoms with Gasteiger partial charge in [0.05, 0.1) is 24.6 Å². The van der Waals surface area contributed by atoms with Crippen molar-refractivity contribution in [2.45, 2.75) is 46.2 Å². The number of likely N-dealkylation sites (tertiary alicyclic amines) is 1. The molecule has 3 aromatic rings. The van der Waals surface area contributed by atoms with Crippen LogP contribution in [-0.4, -0.2) is 51.0 Å². The van der Waals surface area contributed by atoms with Crippen LogP contribution in [0.1, 0.15) is 53.9 Å². The Bertz CT molecular complexity index is 1050. The molecule has 1 aliphatic rings. The quantitative estimate of drug-likeness (QED) is 0.569. The van der Waals surface area contributed by atoms with Gasteiger partial charge in [-0.1, -0.05) is 38.1 Å². The van der Waals surface area contributed by atoms with Crippen LogP contribution in [0.5, 0.6) is 5.88 Å². The molecule has 1 aromatic carbocycles. The molecule has 33 heavy (non-hydrogen) atoms. The van der Waals surface area contributed by atoms with Crippen LogP contribution in [0.25, 0.3) is 5.82 Å². The van der Waals surface area contributed by atoms with E-state index in [-0.39, 0.29) is 5.91 Å². The van der Waals surface area contributed by atoms with Gasteiger partial charge in [0, 0.05) is 19.2 Å². The van der Waals surface area contributed by atoms with Gasteiger partial charge in [0.25, 0.3) is 5.91 Å². The van der Waals surface area contributed by atoms with Crippen molar-refractivity contribution in [3.8, 4) is 11.7 Å². The van der Waals surface area contributed by atoms with Crippen LogP contribution in [0.4, 0.5) is 0 Å². The lowest BCUT2D eigenvalue weighted by Crippen LogP contribution is -2.32. The minimum absolute atomic E-state index is 0.147. The summed E-state index contributed by atoms with van der Waals surface area (Å²) in [7, 11) is 1.54. The van der Waals surface area contributed by atoms with Crippen LogP contribution in [0.3, 0.4) is 0 Å². The number of amides is 1. The number of nitrogens with one attached hydrogen (secondary N) is 1. The number of carbonyl (C=O) groups excluding carboxylic acids is 1. The maximum absolute atomic E-state index is 12.9. The molecule has 1 fully saturated rings. The van der Waals surface area contributed by atoms with E-state index in [4.69, 9.17) is 4.74 Å². The summed E-state index contributed by atoms with van der Waals surface area (Å²) in [5.74, 6) is 1.67. The molecule has 0 bridgehead atoms. The second-order valence-corrected chi connectivity index (χ2v) is 8.66. The predicted octanol–water partition coefficient (Wildman–Crippen LogP) is 3.40. The molecule has 1 aliphatic heterocycles. The number of hydrogen-bond acceptors (Lipinski definition) is 6. The van der Waals surface area contributed by atoms with E-state index < -0.39 is 0 Å². The lowest BCUT2D eigenvalue weighted by Gasteiger charge is -2.30. The summed E-state index contributed by atoms with van der Waals surface area (Å²) >= 11 is 0. The number of ether oxygens (including phenoxy) is 1. The number of carbonyl (C=O) groups is 1. The zero-order chi connectivity index (χ0) is 23.2. The Morgan fingerprint density at radius 2 is 1.82 bits per heavy atom. The van der Waals surface area contributed by atoms with Gasteiger partial charge in [0.15, 0.2) is 5.82 Å². The molecule has 0 atom stereocenters. The van der Waals surface area contributed by atoms with Gasteiger partial charge in [-0.2, -0.15) is 5.10 Å². The molecule has 174 valence electrons. The van der Waals surface area contributed by atoms with Gasteiger partial charge in [-0.25, -0.2) is 4.68 Å². The van der Waals surface area contributed by atoms with Gasteiger partial charge in [0.1, 0.15) is 0 Å². The zero-order valence-electron chi connectivity index (χ0n) is 19.6. The Hall–Kier alpha value is -3.26. The molecule has 3 heterocycles. The number of methoxy groups -OCH3 is 1. The molecular weight excluding hydrogens is 416 g/mol. The molecule has 0 aliphatic carbocycles. The first kappa shape index (κ1) is 22.9. The zero-order valence-corrected chi connectivity index (χ0v) is 19.6. The molecule has 4 rings (SSSR count). The topological polar surface area (TPSA) is 85.2 Å². The summed E-state index contributed by atoms with van der Waals surface area (Å²) in [6.07, 6.45) is 4.79. The van der Waals surface area contributed by atoms with Gasteiger partial charge < -0.3 is 10.1 Å². The summed E-state index contributed by atoms with van der Waals surface area (Å²) in [5, 5.41) is 15.5. The van der Waals surface area contributed by atoms with Gasteiger partial charge in [0.2, 0.25) is 5.88 Å². The van der Waals surface area contributed by atoms with E-state index in [1.165, 1.54) is 31.5 Å². The third-order valence-electron chi connectivity index (χ3n) is 6.26. The SMILES string of the molecule is CCc1c(C(=O)NCc2ccc(CN3CCC(C)CC3)cc2)cnn1-c1ccc(OC)nn1. The molecule has 8 heteroatoms. The maximum atomic E-state index is 12.9. The highest BCUT2D eigenvalue weighted by molar-refractivity contribution is 5.95. The van der Waals surface area contributed by atoms with Gasteiger partial charge in [-0.3, -0.25) is 9.69 Å². The molecule has 2 aromatic heterocycles. The van der Waals surface area contributed by atoms with Crippen LogP contribution < -0.4 is 10.1 Å². The second-order valence-electron chi connectivity index (χ2n) is 8.66. The van der Waals surface area contributed by atoms with E-state index >= 15 is 0 Å². The molecule has 0 radical (unpaired) electrons. The molecular formula is C25H32N6O2. The number of nitrogens with zero attached hydrogens (tertiary/aromatic N) is 5. The lowest BCUT2D eigenvalue weighted by molar-refractivity contribution is 0.0950. The highest BCUT2D eigenvalue weighted by atomic mass is 16.5. The smallest absolute Gasteiger partial charge is 0.255 e. The van der Waals surface area contributed by atoms with E-state index in [0.717, 1.165) is 23.7 Å². The Morgan fingerprint density at radius 3 is 2.45 bits per heavy atom. The summed E-state index contributed by atoms with van der Waals surface area (Å²) in [6, 6.07) is 12.0. The normalized spacial score (nSPS) is 14.9. The fraction of sp³-hybridized carbons (Fsp3) is 0.440. The van der Waals surface area contributed by atoms with Crippen LogP contribution in [0.2, 0.25) is 0 Å². The van der Waals surface area contributed by atoms with Crippen molar-refractivity contribution in [3.05, 3.63) is 65.0 Å². The monoisotopic (exact) mass is 448 g/mol. The molecule has 0 spiro atoms. The van der Waals surface area contributed by atoms with Crippen molar-refractivity contribution >= 4 is 5.91 Å². The first-order valence-corrected chi connectivity index (χ1v) is 11.6. The highest BCUT2D eigenvalue weighted by Crippen LogP contribution is 2.19. The number of aromatic nitrogens is 4. The average molecular weight is 449 g/mol. The standard InChI is InChI=1S/C25H32N6O2/c1-4-22-21(16-27-31(22)23-9-10-24(33-3)29-28-23)25(32)26-15-19-5-7-20(8-6-19)17-30-13-11-18(2)12-14-30/h5-10,16,18H,4,11-15,17H2,1-3H3,(H,26,32). The van der Waals surface area contributed by atoms with Crippen molar-refractivity contribution in [1.82, 2.24) is 30.2 Å². The van der Waals surface area contributed by atoms with Crippen LogP contribution in [0, 0.1) is 5.92 Å². The van der Waals surface area contributed by atoms with E-state index in [9.17, 15) is 4.79 Å². The van der Waals surface area contributed by atoms with Gasteiger partial charge in [-0.15, -0.1) is 10.2 Å². The summed E-state index contributed by atoms with van der Waals surface area (Å²) < 4.78 is 6.71. The third-order valence-corrected chi connectivity index (χ3v) is 6.26. The highest BCUT2D eigenvalue weighted by Gasteiger charge is 2.18. The predicted molar refractivity (Wildman–Crippen MR) is 126 cm³/mol. The minimum atomic E-state index is -0.147. The Morgan fingerprint density at radius 1 is 1.09 bits per heavy atom. The fourth-order valence-corrected chi connectivity index (χ4v) is 4.15. The van der Waals surface area contributed by atoms with Gasteiger partial charge >= 0.3 is 0 Å². The van der Waals surface area contributed by atoms with Crippen molar-refractivity contribution in [2.75, 3.05) is 20.2 Å². The van der Waals surface area contributed by atoms with Crippen LogP contribution >= 0.6 is 0 Å². The Labute approximate surface area is 195 Å². The Kier molecular flexibility index (Phi) is 7.34. The molecule has 1 N–H and O–H groups in total. The lowest BCUT2D eigenvalue weighted by atomic mass is 9.99. The van der Waals surface area contributed by atoms with Crippen molar-refractivity contribution in [1.29, 1.82) is 0 Å². The Balaban J connectivity index is 1.36. The largest absolute Gasteiger partial charge is 0.480 e. The van der Waals surface area contributed by atoms with E-state index in [2.05, 4.69) is 56.7 Å². The molecule has 0 saturated carbocycles. The number of rotatable bonds is 8. The maximum Gasteiger partial charge on any atom is 0.255 e. The third kappa shape index (κ3) is 5.57. The second kappa shape index (κ2) is 10.6. The number of piperidine rings is 1. The van der Waals surface area contributed by atoms with Crippen molar-refractivity contribution < 1.29 is 9.53 Å². The molecule has 1 saturated heterocycles. The van der Waals surface area contributed by atoms with Crippen molar-refractivity contribution in [3.63, 3.8) is 0 Å². The fourth-order valence-electron chi connectivity index (χ4n) is 4.15. The van der Waals surface area contributed by atoms with Gasteiger partial charge in [-0.05, 0) is 55.5 Å². The summed E-state index contributed by atoms with van der Waals surface area (Å²) in [4.78, 5) is 15.4. The number of benzene rings is 1. The van der Waals surface area contributed by atoms with E-state index in [1.54, 1.807) is 30.1 Å². The average Bonchev–Trinajstić information content (AvgIpc) is 3.29. The van der Waals surface area contributed by atoms with Crippen LogP contribution in [-0.2, 0) is 19.5 Å². The van der Waals surface area contributed by atoms with Crippen LogP contribution in [0.15, 0.2) is 42.6 Å². The minimum Gasteiger partial charge on any atom is -0.480 e. The molecule has 0 unspecified atom stereocenters. The summed E-state index contributed by atoms with van der Waals surface area (Å²) in [6.45, 7) is 8.14. The number of hydrogen-bond donors (Lipinski definition) is 1. The van der Waals surface area contributed by atoms with Crippen molar-refractivity contribution in [2.24, 2.45) is 5.92 Å². The first-order chi connectivity index (χ1) is 16.1. The molecule has 1 amide bonds. The molecule has 8 nitrogen and oxygen atoms in total.